The number of rotatable bonds is 5. The van der Waals surface area contributed by atoms with Crippen molar-refractivity contribution in [2.75, 3.05) is 6.61 Å². The van der Waals surface area contributed by atoms with E-state index in [1.54, 1.807) is 6.07 Å². The van der Waals surface area contributed by atoms with Crippen LogP contribution in [0.1, 0.15) is 16.7 Å². The van der Waals surface area contributed by atoms with Crippen LogP contribution < -0.4 is 0 Å². The van der Waals surface area contributed by atoms with Crippen LogP contribution in [0.2, 0.25) is 0 Å². The van der Waals surface area contributed by atoms with Crippen molar-refractivity contribution >= 4 is 6.08 Å². The van der Waals surface area contributed by atoms with E-state index in [0.29, 0.717) is 13.2 Å². The van der Waals surface area contributed by atoms with Gasteiger partial charge in [-0.1, -0.05) is 48.6 Å². The summed E-state index contributed by atoms with van der Waals surface area (Å²) in [7, 11) is 0. The molecule has 0 aromatic heterocycles. The van der Waals surface area contributed by atoms with Crippen molar-refractivity contribution in [1.29, 1.82) is 5.26 Å². The summed E-state index contributed by atoms with van der Waals surface area (Å²) < 4.78 is 18.6. The van der Waals surface area contributed by atoms with Gasteiger partial charge in [-0.15, -0.1) is 0 Å². The Morgan fingerprint density at radius 3 is 2.70 bits per heavy atom. The van der Waals surface area contributed by atoms with E-state index in [0.717, 1.165) is 11.1 Å². The molecule has 0 N–H and O–H groups in total. The minimum atomic E-state index is -0.500. The highest BCUT2D eigenvalue weighted by Crippen LogP contribution is 2.10. The molecular formula is C17H14FNO. The van der Waals surface area contributed by atoms with Crippen LogP contribution in [0, 0.1) is 17.1 Å². The van der Waals surface area contributed by atoms with E-state index in [2.05, 4.69) is 0 Å². The summed E-state index contributed by atoms with van der Waals surface area (Å²) in [5.74, 6) is -0.500. The second-order valence-corrected chi connectivity index (χ2v) is 4.25. The molecule has 0 aliphatic carbocycles. The fraction of sp³-hybridized carbons (Fsp3) is 0.118. The van der Waals surface area contributed by atoms with E-state index in [1.165, 1.54) is 12.1 Å². The average molecular weight is 267 g/mol. The Morgan fingerprint density at radius 2 is 1.95 bits per heavy atom. The molecule has 0 heterocycles. The number of hydrogen-bond acceptors (Lipinski definition) is 2. The van der Waals surface area contributed by atoms with Crippen LogP contribution in [-0.4, -0.2) is 6.61 Å². The molecule has 2 nitrogen and oxygen atoms in total. The van der Waals surface area contributed by atoms with Gasteiger partial charge in [-0.25, -0.2) is 4.39 Å². The van der Waals surface area contributed by atoms with Crippen molar-refractivity contribution in [1.82, 2.24) is 0 Å². The SMILES string of the molecule is N#Cc1cc(COC/C=C/c2ccccc2)ccc1F. The van der Waals surface area contributed by atoms with Crippen molar-refractivity contribution in [2.45, 2.75) is 6.61 Å². The molecule has 0 aliphatic heterocycles. The lowest BCUT2D eigenvalue weighted by atomic mass is 10.1. The lowest BCUT2D eigenvalue weighted by Gasteiger charge is -2.02. The van der Waals surface area contributed by atoms with E-state index >= 15 is 0 Å². The molecule has 2 rings (SSSR count). The molecular weight excluding hydrogens is 253 g/mol. The van der Waals surface area contributed by atoms with Crippen LogP contribution in [0.4, 0.5) is 4.39 Å². The molecule has 0 saturated heterocycles. The standard InChI is InChI=1S/C17H14FNO/c18-17-9-8-15(11-16(17)12-19)13-20-10-4-7-14-5-2-1-3-6-14/h1-9,11H,10,13H2/b7-4+. The van der Waals surface area contributed by atoms with Gasteiger partial charge in [-0.2, -0.15) is 5.26 Å². The number of nitriles is 1. The number of benzene rings is 2. The first kappa shape index (κ1) is 14.0. The zero-order valence-corrected chi connectivity index (χ0v) is 10.9. The topological polar surface area (TPSA) is 33.0 Å². The smallest absolute Gasteiger partial charge is 0.140 e. The highest BCUT2D eigenvalue weighted by Gasteiger charge is 2.02. The minimum absolute atomic E-state index is 0.0472. The minimum Gasteiger partial charge on any atom is -0.373 e. The van der Waals surface area contributed by atoms with E-state index in [-0.39, 0.29) is 5.56 Å². The Hall–Kier alpha value is -2.44. The fourth-order valence-electron chi connectivity index (χ4n) is 1.74. The van der Waals surface area contributed by atoms with Crippen molar-refractivity contribution in [3.8, 4) is 6.07 Å². The lowest BCUT2D eigenvalue weighted by molar-refractivity contribution is 0.149. The number of ether oxygens (including phenoxy) is 1. The van der Waals surface area contributed by atoms with Gasteiger partial charge < -0.3 is 4.74 Å². The Morgan fingerprint density at radius 1 is 1.15 bits per heavy atom. The summed E-state index contributed by atoms with van der Waals surface area (Å²) in [4.78, 5) is 0. The number of halogens is 1. The second kappa shape index (κ2) is 7.22. The van der Waals surface area contributed by atoms with Crippen LogP contribution in [-0.2, 0) is 11.3 Å². The summed E-state index contributed by atoms with van der Waals surface area (Å²) in [6.45, 7) is 0.822. The molecule has 0 radical (unpaired) electrons. The normalized spacial score (nSPS) is 10.6. The first-order chi connectivity index (χ1) is 9.79. The molecule has 3 heteroatoms. The molecule has 2 aromatic carbocycles. The highest BCUT2D eigenvalue weighted by atomic mass is 19.1. The molecule has 0 atom stereocenters. The third-order valence-corrected chi connectivity index (χ3v) is 2.74. The van der Waals surface area contributed by atoms with Gasteiger partial charge in [0.05, 0.1) is 18.8 Å². The summed E-state index contributed by atoms with van der Waals surface area (Å²) in [5.41, 5.74) is 1.95. The molecule has 0 aliphatic rings. The molecule has 0 amide bonds. The molecule has 100 valence electrons. The van der Waals surface area contributed by atoms with Crippen molar-refractivity contribution in [3.63, 3.8) is 0 Å². The Balaban J connectivity index is 1.82. The van der Waals surface area contributed by atoms with Crippen LogP contribution in [0.5, 0.6) is 0 Å². The highest BCUT2D eigenvalue weighted by molar-refractivity contribution is 5.48. The fourth-order valence-corrected chi connectivity index (χ4v) is 1.74. The predicted octanol–water partition coefficient (Wildman–Crippen LogP) is 3.93. The van der Waals surface area contributed by atoms with Gasteiger partial charge in [0, 0.05) is 0 Å². The van der Waals surface area contributed by atoms with E-state index in [4.69, 9.17) is 10.00 Å². The summed E-state index contributed by atoms with van der Waals surface area (Å²) >= 11 is 0. The Labute approximate surface area is 117 Å². The molecule has 0 spiro atoms. The predicted molar refractivity (Wildman–Crippen MR) is 76.2 cm³/mol. The number of hydrogen-bond donors (Lipinski definition) is 0. The quantitative estimate of drug-likeness (QED) is 0.769. The van der Waals surface area contributed by atoms with Gasteiger partial charge in [-0.05, 0) is 23.3 Å². The molecule has 2 aromatic rings. The third kappa shape index (κ3) is 4.04. The molecule has 0 bridgehead atoms. The van der Waals surface area contributed by atoms with Crippen LogP contribution >= 0.6 is 0 Å². The van der Waals surface area contributed by atoms with E-state index in [9.17, 15) is 4.39 Å². The van der Waals surface area contributed by atoms with Gasteiger partial charge in [0.1, 0.15) is 11.9 Å². The largest absolute Gasteiger partial charge is 0.373 e. The summed E-state index contributed by atoms with van der Waals surface area (Å²) in [6.07, 6.45) is 3.90. The third-order valence-electron chi connectivity index (χ3n) is 2.74. The van der Waals surface area contributed by atoms with E-state index < -0.39 is 5.82 Å². The summed E-state index contributed by atoms with van der Waals surface area (Å²) in [6, 6.07) is 16.2. The molecule has 0 unspecified atom stereocenters. The Kier molecular flexibility index (Phi) is 5.05. The lowest BCUT2D eigenvalue weighted by Crippen LogP contribution is -1.94. The van der Waals surface area contributed by atoms with Crippen LogP contribution in [0.3, 0.4) is 0 Å². The van der Waals surface area contributed by atoms with Crippen molar-refractivity contribution < 1.29 is 9.13 Å². The van der Waals surface area contributed by atoms with Crippen molar-refractivity contribution in [3.05, 3.63) is 77.1 Å². The zero-order chi connectivity index (χ0) is 14.2. The van der Waals surface area contributed by atoms with Gasteiger partial charge in [-0.3, -0.25) is 0 Å². The zero-order valence-electron chi connectivity index (χ0n) is 10.9. The first-order valence-corrected chi connectivity index (χ1v) is 6.27. The monoisotopic (exact) mass is 267 g/mol. The first-order valence-electron chi connectivity index (χ1n) is 6.27. The van der Waals surface area contributed by atoms with Gasteiger partial charge in [0.25, 0.3) is 0 Å². The van der Waals surface area contributed by atoms with E-state index in [1.807, 2.05) is 48.6 Å². The maximum absolute atomic E-state index is 13.1. The van der Waals surface area contributed by atoms with Crippen molar-refractivity contribution in [2.24, 2.45) is 0 Å². The molecule has 0 saturated carbocycles. The average Bonchev–Trinajstić information content (AvgIpc) is 2.49. The summed E-state index contributed by atoms with van der Waals surface area (Å²) in [5, 5.41) is 8.74. The van der Waals surface area contributed by atoms with Gasteiger partial charge in [0.2, 0.25) is 0 Å². The van der Waals surface area contributed by atoms with Gasteiger partial charge in [0.15, 0.2) is 0 Å². The van der Waals surface area contributed by atoms with Crippen LogP contribution in [0.15, 0.2) is 54.6 Å². The van der Waals surface area contributed by atoms with Gasteiger partial charge >= 0.3 is 0 Å². The number of nitrogens with zero attached hydrogens (tertiary/aromatic N) is 1. The maximum Gasteiger partial charge on any atom is 0.140 e. The Bertz CT molecular complexity index is 629. The molecule has 20 heavy (non-hydrogen) atoms. The maximum atomic E-state index is 13.1. The second-order valence-electron chi connectivity index (χ2n) is 4.25. The van der Waals surface area contributed by atoms with Crippen LogP contribution in [0.25, 0.3) is 6.08 Å². The molecule has 0 fully saturated rings.